The molecule has 0 spiro atoms. The molecule has 3 heterocycles. The number of nitrogens with zero attached hydrogens (tertiary/aromatic N) is 2. The second kappa shape index (κ2) is 9.53. The van der Waals surface area contributed by atoms with Crippen LogP contribution in [0.2, 0.25) is 5.02 Å². The number of likely N-dealkylation sites (tertiary alicyclic amines) is 1. The Bertz CT molecular complexity index is 1070. The van der Waals surface area contributed by atoms with E-state index in [1.807, 2.05) is 31.2 Å². The van der Waals surface area contributed by atoms with Gasteiger partial charge in [-0.25, -0.2) is 4.98 Å². The third-order valence-corrected chi connectivity index (χ3v) is 6.25. The lowest BCUT2D eigenvalue weighted by atomic mass is 9.97. The van der Waals surface area contributed by atoms with E-state index >= 15 is 0 Å². The van der Waals surface area contributed by atoms with E-state index in [4.69, 9.17) is 16.0 Å². The van der Waals surface area contributed by atoms with Crippen LogP contribution < -0.4 is 10.6 Å². The third-order valence-electron chi connectivity index (χ3n) is 5.26. The number of carbonyl (C=O) groups is 2. The SMILES string of the molecule is Cc1ccc(Cl)cc1Nc1nc(C(=O)N2CCC[C@H](C(=O)NCc3ccco3)C2)cs1. The first-order valence-electron chi connectivity index (χ1n) is 10.1. The number of aromatic nitrogens is 1. The highest BCUT2D eigenvalue weighted by Gasteiger charge is 2.30. The topological polar surface area (TPSA) is 87.5 Å². The number of carbonyl (C=O) groups excluding carboxylic acids is 2. The van der Waals surface area contributed by atoms with Crippen LogP contribution in [0, 0.1) is 12.8 Å². The van der Waals surface area contributed by atoms with Gasteiger partial charge < -0.3 is 20.0 Å². The fourth-order valence-corrected chi connectivity index (χ4v) is 4.41. The molecule has 0 saturated carbocycles. The first-order valence-corrected chi connectivity index (χ1v) is 11.3. The second-order valence-electron chi connectivity index (χ2n) is 7.51. The maximum absolute atomic E-state index is 13.0. The Labute approximate surface area is 189 Å². The van der Waals surface area contributed by atoms with Crippen LogP contribution in [0.25, 0.3) is 0 Å². The number of amides is 2. The summed E-state index contributed by atoms with van der Waals surface area (Å²) in [6.07, 6.45) is 3.11. The van der Waals surface area contributed by atoms with E-state index in [1.54, 1.807) is 22.6 Å². The Morgan fingerprint density at radius 1 is 1.35 bits per heavy atom. The van der Waals surface area contributed by atoms with Crippen LogP contribution >= 0.6 is 22.9 Å². The predicted octanol–water partition coefficient (Wildman–Crippen LogP) is 4.61. The highest BCUT2D eigenvalue weighted by Crippen LogP contribution is 2.27. The molecule has 2 N–H and O–H groups in total. The maximum atomic E-state index is 13.0. The van der Waals surface area contributed by atoms with Crippen molar-refractivity contribution in [2.45, 2.75) is 26.3 Å². The second-order valence-corrected chi connectivity index (χ2v) is 8.80. The monoisotopic (exact) mass is 458 g/mol. The number of thiazole rings is 1. The molecule has 1 atom stereocenters. The summed E-state index contributed by atoms with van der Waals surface area (Å²) in [4.78, 5) is 31.7. The molecule has 9 heteroatoms. The summed E-state index contributed by atoms with van der Waals surface area (Å²) in [5.41, 5.74) is 2.27. The lowest BCUT2D eigenvalue weighted by molar-refractivity contribution is -0.126. The van der Waals surface area contributed by atoms with Gasteiger partial charge in [0.15, 0.2) is 5.13 Å². The largest absolute Gasteiger partial charge is 0.467 e. The third kappa shape index (κ3) is 5.26. The predicted molar refractivity (Wildman–Crippen MR) is 121 cm³/mol. The Morgan fingerprint density at radius 2 is 2.23 bits per heavy atom. The molecule has 2 amide bonds. The smallest absolute Gasteiger partial charge is 0.273 e. The van der Waals surface area contributed by atoms with Crippen molar-refractivity contribution in [1.82, 2.24) is 15.2 Å². The van der Waals surface area contributed by atoms with Gasteiger partial charge in [-0.1, -0.05) is 17.7 Å². The van der Waals surface area contributed by atoms with E-state index in [1.165, 1.54) is 11.3 Å². The van der Waals surface area contributed by atoms with Crippen molar-refractivity contribution >= 4 is 45.6 Å². The Kier molecular flexibility index (Phi) is 6.58. The van der Waals surface area contributed by atoms with Gasteiger partial charge in [0.1, 0.15) is 11.5 Å². The number of rotatable bonds is 6. The van der Waals surface area contributed by atoms with Gasteiger partial charge in [0.2, 0.25) is 5.91 Å². The molecule has 1 fully saturated rings. The first-order chi connectivity index (χ1) is 15.0. The average molecular weight is 459 g/mol. The number of piperidine rings is 1. The number of aryl methyl sites for hydroxylation is 1. The lowest BCUT2D eigenvalue weighted by Gasteiger charge is -2.31. The van der Waals surface area contributed by atoms with Crippen molar-refractivity contribution < 1.29 is 14.0 Å². The fourth-order valence-electron chi connectivity index (χ4n) is 3.54. The lowest BCUT2D eigenvalue weighted by Crippen LogP contribution is -2.45. The summed E-state index contributed by atoms with van der Waals surface area (Å²) in [5, 5.41) is 9.11. The van der Waals surface area contributed by atoms with Crippen molar-refractivity contribution in [2.75, 3.05) is 18.4 Å². The molecule has 7 nitrogen and oxygen atoms in total. The zero-order valence-corrected chi connectivity index (χ0v) is 18.6. The van der Waals surface area contributed by atoms with Crippen molar-refractivity contribution in [2.24, 2.45) is 5.92 Å². The van der Waals surface area contributed by atoms with E-state index in [0.717, 1.165) is 24.1 Å². The van der Waals surface area contributed by atoms with Gasteiger partial charge in [-0.2, -0.15) is 0 Å². The average Bonchev–Trinajstić information content (AvgIpc) is 3.46. The normalized spacial score (nSPS) is 16.2. The van der Waals surface area contributed by atoms with Gasteiger partial charge in [0.25, 0.3) is 5.91 Å². The van der Waals surface area contributed by atoms with Crippen molar-refractivity contribution in [3.63, 3.8) is 0 Å². The van der Waals surface area contributed by atoms with Crippen molar-refractivity contribution in [1.29, 1.82) is 0 Å². The Balaban J connectivity index is 1.36. The number of anilines is 2. The summed E-state index contributed by atoms with van der Waals surface area (Å²) in [6.45, 7) is 3.33. The number of nitrogens with one attached hydrogen (secondary N) is 2. The number of benzene rings is 1. The highest BCUT2D eigenvalue weighted by atomic mass is 35.5. The summed E-state index contributed by atoms with van der Waals surface area (Å²) < 4.78 is 5.25. The van der Waals surface area contributed by atoms with Crippen molar-refractivity contribution in [3.8, 4) is 0 Å². The van der Waals surface area contributed by atoms with Crippen LogP contribution in [0.15, 0.2) is 46.4 Å². The first kappa shape index (κ1) is 21.4. The van der Waals surface area contributed by atoms with Crippen LogP contribution in [0.1, 0.15) is 34.7 Å². The Hall–Kier alpha value is -2.84. The van der Waals surface area contributed by atoms with Crippen LogP contribution in [0.5, 0.6) is 0 Å². The van der Waals surface area contributed by atoms with E-state index in [9.17, 15) is 9.59 Å². The van der Waals surface area contributed by atoms with E-state index < -0.39 is 0 Å². The van der Waals surface area contributed by atoms with Gasteiger partial charge in [-0.05, 0) is 49.6 Å². The molecule has 1 aliphatic heterocycles. The van der Waals surface area contributed by atoms with Crippen molar-refractivity contribution in [3.05, 3.63) is 64.0 Å². The molecule has 0 bridgehead atoms. The summed E-state index contributed by atoms with van der Waals surface area (Å²) in [5.74, 6) is 0.245. The van der Waals surface area contributed by atoms with Gasteiger partial charge >= 0.3 is 0 Å². The number of hydrogen-bond donors (Lipinski definition) is 2. The van der Waals surface area contributed by atoms with Crippen LogP contribution in [-0.2, 0) is 11.3 Å². The molecule has 1 saturated heterocycles. The van der Waals surface area contributed by atoms with Gasteiger partial charge in [-0.15, -0.1) is 11.3 Å². The zero-order valence-electron chi connectivity index (χ0n) is 17.1. The minimum absolute atomic E-state index is 0.0639. The molecule has 1 aromatic carbocycles. The summed E-state index contributed by atoms with van der Waals surface area (Å²) >= 11 is 7.44. The van der Waals surface area contributed by atoms with Gasteiger partial charge in [-0.3, -0.25) is 9.59 Å². The molecule has 0 aliphatic carbocycles. The molecule has 0 unspecified atom stereocenters. The minimum Gasteiger partial charge on any atom is -0.467 e. The van der Waals surface area contributed by atoms with E-state index in [2.05, 4.69) is 15.6 Å². The van der Waals surface area contributed by atoms with Crippen LogP contribution in [-0.4, -0.2) is 34.8 Å². The van der Waals surface area contributed by atoms with Crippen LogP contribution in [0.3, 0.4) is 0 Å². The van der Waals surface area contributed by atoms with E-state index in [0.29, 0.717) is 41.2 Å². The number of hydrogen-bond acceptors (Lipinski definition) is 6. The van der Waals surface area contributed by atoms with Gasteiger partial charge in [0, 0.05) is 29.2 Å². The molecule has 1 aliphatic rings. The molecule has 0 radical (unpaired) electrons. The number of halogens is 1. The molecule has 162 valence electrons. The molecule has 2 aromatic heterocycles. The molecule has 3 aromatic rings. The fraction of sp³-hybridized carbons (Fsp3) is 0.318. The van der Waals surface area contributed by atoms with Crippen LogP contribution in [0.4, 0.5) is 10.8 Å². The quantitative estimate of drug-likeness (QED) is 0.563. The standard InChI is InChI=1S/C22H23ClN4O3S/c1-14-6-7-16(23)10-18(14)25-22-26-19(13-31-22)21(29)27-8-2-4-15(12-27)20(28)24-11-17-5-3-9-30-17/h3,5-7,9-10,13,15H,2,4,8,11-12H2,1H3,(H,24,28)(H,25,26)/t15-/m0/s1. The minimum atomic E-state index is -0.238. The molecule has 4 rings (SSSR count). The molecular formula is C22H23ClN4O3S. The van der Waals surface area contributed by atoms with Gasteiger partial charge in [0.05, 0.1) is 18.7 Å². The summed E-state index contributed by atoms with van der Waals surface area (Å²) in [6, 6.07) is 9.19. The maximum Gasteiger partial charge on any atom is 0.273 e. The number of furan rings is 1. The zero-order chi connectivity index (χ0) is 21.8. The van der Waals surface area contributed by atoms with E-state index in [-0.39, 0.29) is 17.7 Å². The summed E-state index contributed by atoms with van der Waals surface area (Å²) in [7, 11) is 0. The molecule has 31 heavy (non-hydrogen) atoms. The highest BCUT2D eigenvalue weighted by molar-refractivity contribution is 7.14. The Morgan fingerprint density at radius 3 is 3.03 bits per heavy atom. The molecular weight excluding hydrogens is 436 g/mol.